The number of carbonyl (C=O) groups excluding carboxylic acids is 1. The molecule has 2 rings (SSSR count). The van der Waals surface area contributed by atoms with Crippen LogP contribution >= 0.6 is 0 Å². The first-order chi connectivity index (χ1) is 8.63. The minimum atomic E-state index is -0.0715. The molecular formula is C12H13N5O. The fraction of sp³-hybridized carbons (Fsp3) is 0.250. The highest BCUT2D eigenvalue weighted by atomic mass is 16.1. The zero-order valence-electron chi connectivity index (χ0n) is 9.97. The van der Waals surface area contributed by atoms with Crippen molar-refractivity contribution < 1.29 is 4.79 Å². The van der Waals surface area contributed by atoms with Crippen LogP contribution in [0.15, 0.2) is 12.5 Å². The average molecular weight is 243 g/mol. The molecule has 0 aliphatic heterocycles. The van der Waals surface area contributed by atoms with Crippen molar-refractivity contribution in [2.75, 3.05) is 12.3 Å². The van der Waals surface area contributed by atoms with Gasteiger partial charge in [-0.05, 0) is 0 Å². The lowest BCUT2D eigenvalue weighted by atomic mass is 10.2. The molecule has 0 unspecified atom stereocenters. The number of nitrogens with two attached hydrogens (primary N) is 1. The van der Waals surface area contributed by atoms with Gasteiger partial charge in [-0.2, -0.15) is 0 Å². The Balaban J connectivity index is 2.37. The van der Waals surface area contributed by atoms with E-state index in [0.29, 0.717) is 35.5 Å². The normalized spacial score (nSPS) is 10.2. The number of hydrogen-bond acceptors (Lipinski definition) is 4. The number of rotatable bonds is 3. The lowest BCUT2D eigenvalue weighted by molar-refractivity contribution is -0.118. The van der Waals surface area contributed by atoms with Gasteiger partial charge in [0.05, 0.1) is 10.9 Å². The lowest BCUT2D eigenvalue weighted by Crippen LogP contribution is -2.24. The fourth-order valence-electron chi connectivity index (χ4n) is 1.78. The van der Waals surface area contributed by atoms with Crippen molar-refractivity contribution in [3.63, 3.8) is 0 Å². The Bertz CT molecular complexity index is 638. The molecule has 6 nitrogen and oxygen atoms in total. The second kappa shape index (κ2) is 4.75. The monoisotopic (exact) mass is 243 g/mol. The van der Waals surface area contributed by atoms with E-state index in [2.05, 4.69) is 21.2 Å². The van der Waals surface area contributed by atoms with Gasteiger partial charge in [0.1, 0.15) is 17.8 Å². The predicted molar refractivity (Wildman–Crippen MR) is 68.6 cm³/mol. The van der Waals surface area contributed by atoms with Crippen LogP contribution in [0.3, 0.4) is 0 Å². The molecule has 0 radical (unpaired) electrons. The number of hydrogen-bond donors (Lipinski definition) is 2. The second-order valence-electron chi connectivity index (χ2n) is 3.82. The van der Waals surface area contributed by atoms with Crippen LogP contribution in [-0.2, 0) is 11.3 Å². The average Bonchev–Trinajstić information content (AvgIpc) is 2.69. The second-order valence-corrected chi connectivity index (χ2v) is 3.82. The van der Waals surface area contributed by atoms with Crippen molar-refractivity contribution in [1.29, 1.82) is 0 Å². The van der Waals surface area contributed by atoms with Gasteiger partial charge in [0.2, 0.25) is 5.91 Å². The molecule has 2 aromatic heterocycles. The quantitative estimate of drug-likeness (QED) is 0.750. The summed E-state index contributed by atoms with van der Waals surface area (Å²) in [6.07, 6.45) is 8.62. The summed E-state index contributed by atoms with van der Waals surface area (Å²) in [7, 11) is 0. The van der Waals surface area contributed by atoms with Crippen LogP contribution in [0.2, 0.25) is 0 Å². The molecule has 0 bridgehead atoms. The molecule has 18 heavy (non-hydrogen) atoms. The molecule has 0 aromatic carbocycles. The van der Waals surface area contributed by atoms with E-state index in [1.807, 2.05) is 4.57 Å². The number of fused-ring (bicyclic) bond motifs is 1. The van der Waals surface area contributed by atoms with Gasteiger partial charge in [-0.15, -0.1) is 6.42 Å². The summed E-state index contributed by atoms with van der Waals surface area (Å²) in [4.78, 5) is 18.9. The molecule has 2 heterocycles. The van der Waals surface area contributed by atoms with Crippen molar-refractivity contribution in [1.82, 2.24) is 19.9 Å². The molecule has 0 fully saturated rings. The highest BCUT2D eigenvalue weighted by molar-refractivity contribution is 5.92. The van der Waals surface area contributed by atoms with Crippen molar-refractivity contribution in [2.45, 2.75) is 13.5 Å². The van der Waals surface area contributed by atoms with E-state index in [-0.39, 0.29) is 5.91 Å². The van der Waals surface area contributed by atoms with Crippen molar-refractivity contribution >= 4 is 22.8 Å². The third-order valence-electron chi connectivity index (χ3n) is 2.57. The van der Waals surface area contributed by atoms with Gasteiger partial charge in [0, 0.05) is 26.2 Å². The summed E-state index contributed by atoms with van der Waals surface area (Å²) in [5.74, 6) is 2.86. The standard InChI is InChI=1S/C12H13N5O/c1-3-9-6-17(5-4-14-8(2)18)12-10(9)11(13)15-7-16-12/h1,6-7H,4-5H2,2H3,(H,14,18)(H2,13,15,16). The third-order valence-corrected chi connectivity index (χ3v) is 2.57. The van der Waals surface area contributed by atoms with E-state index in [1.54, 1.807) is 6.20 Å². The number of terminal acetylenes is 1. The summed E-state index contributed by atoms with van der Waals surface area (Å²) in [6, 6.07) is 0. The Morgan fingerprint density at radius 1 is 1.61 bits per heavy atom. The van der Waals surface area contributed by atoms with Crippen LogP contribution in [0.5, 0.6) is 0 Å². The Hall–Kier alpha value is -2.55. The number of nitrogen functional groups attached to an aromatic ring is 1. The fourth-order valence-corrected chi connectivity index (χ4v) is 1.78. The van der Waals surface area contributed by atoms with Gasteiger partial charge in [0.25, 0.3) is 0 Å². The van der Waals surface area contributed by atoms with E-state index in [9.17, 15) is 4.79 Å². The van der Waals surface area contributed by atoms with Crippen LogP contribution in [0, 0.1) is 12.3 Å². The molecule has 0 aliphatic rings. The molecule has 2 aromatic rings. The lowest BCUT2D eigenvalue weighted by Gasteiger charge is -2.04. The predicted octanol–water partition coefficient (Wildman–Crippen LogP) is 0.131. The summed E-state index contributed by atoms with van der Waals surface area (Å²) < 4.78 is 1.86. The van der Waals surface area contributed by atoms with Crippen LogP contribution in [-0.4, -0.2) is 27.0 Å². The van der Waals surface area contributed by atoms with Gasteiger partial charge in [0.15, 0.2) is 0 Å². The highest BCUT2D eigenvalue weighted by Crippen LogP contribution is 2.22. The van der Waals surface area contributed by atoms with Crippen LogP contribution in [0.1, 0.15) is 12.5 Å². The summed E-state index contributed by atoms with van der Waals surface area (Å²) in [5, 5.41) is 3.40. The Morgan fingerprint density at radius 2 is 2.39 bits per heavy atom. The molecule has 0 atom stereocenters. The first kappa shape index (κ1) is 11.9. The molecule has 0 aliphatic carbocycles. The molecular weight excluding hydrogens is 230 g/mol. The zero-order chi connectivity index (χ0) is 13.1. The maximum Gasteiger partial charge on any atom is 0.216 e. The molecule has 0 spiro atoms. The summed E-state index contributed by atoms with van der Waals surface area (Å²) in [6.45, 7) is 2.56. The number of nitrogens with one attached hydrogen (secondary N) is 1. The Labute approximate surface area is 104 Å². The number of anilines is 1. The minimum absolute atomic E-state index is 0.0715. The van der Waals surface area contributed by atoms with E-state index >= 15 is 0 Å². The first-order valence-corrected chi connectivity index (χ1v) is 5.44. The number of aromatic nitrogens is 3. The van der Waals surface area contributed by atoms with Crippen molar-refractivity contribution in [3.8, 4) is 12.3 Å². The van der Waals surface area contributed by atoms with Gasteiger partial charge in [-0.1, -0.05) is 5.92 Å². The van der Waals surface area contributed by atoms with Crippen molar-refractivity contribution in [3.05, 3.63) is 18.1 Å². The smallest absolute Gasteiger partial charge is 0.216 e. The molecule has 0 saturated heterocycles. The molecule has 92 valence electrons. The maximum atomic E-state index is 10.8. The van der Waals surface area contributed by atoms with Crippen LogP contribution < -0.4 is 11.1 Å². The van der Waals surface area contributed by atoms with E-state index in [4.69, 9.17) is 12.2 Å². The van der Waals surface area contributed by atoms with Crippen LogP contribution in [0.4, 0.5) is 5.82 Å². The molecule has 0 saturated carbocycles. The zero-order valence-corrected chi connectivity index (χ0v) is 9.97. The topological polar surface area (TPSA) is 85.8 Å². The van der Waals surface area contributed by atoms with E-state index in [1.165, 1.54) is 13.3 Å². The van der Waals surface area contributed by atoms with Gasteiger partial charge in [-0.3, -0.25) is 4.79 Å². The number of carbonyl (C=O) groups is 1. The number of amides is 1. The van der Waals surface area contributed by atoms with Gasteiger partial charge < -0.3 is 15.6 Å². The number of nitrogens with zero attached hydrogens (tertiary/aromatic N) is 3. The van der Waals surface area contributed by atoms with E-state index < -0.39 is 0 Å². The summed E-state index contributed by atoms with van der Waals surface area (Å²) in [5.41, 5.74) is 7.13. The van der Waals surface area contributed by atoms with Crippen molar-refractivity contribution in [2.24, 2.45) is 0 Å². The Kier molecular flexibility index (Phi) is 3.15. The van der Waals surface area contributed by atoms with Gasteiger partial charge >= 0.3 is 0 Å². The largest absolute Gasteiger partial charge is 0.383 e. The third kappa shape index (κ3) is 2.11. The SMILES string of the molecule is C#Cc1cn(CCNC(C)=O)c2ncnc(N)c12. The van der Waals surface area contributed by atoms with E-state index in [0.717, 1.165) is 0 Å². The molecule has 1 amide bonds. The minimum Gasteiger partial charge on any atom is -0.383 e. The Morgan fingerprint density at radius 3 is 3.06 bits per heavy atom. The molecule has 3 N–H and O–H groups in total. The molecule has 6 heteroatoms. The summed E-state index contributed by atoms with van der Waals surface area (Å²) >= 11 is 0. The van der Waals surface area contributed by atoms with Crippen LogP contribution in [0.25, 0.3) is 11.0 Å². The maximum absolute atomic E-state index is 10.8. The first-order valence-electron chi connectivity index (χ1n) is 5.44. The van der Waals surface area contributed by atoms with Gasteiger partial charge in [-0.25, -0.2) is 9.97 Å². The highest BCUT2D eigenvalue weighted by Gasteiger charge is 2.11.